The van der Waals surface area contributed by atoms with E-state index in [1.165, 1.54) is 5.56 Å². The van der Waals surface area contributed by atoms with Gasteiger partial charge in [0.1, 0.15) is 11.5 Å². The topological polar surface area (TPSA) is 40.5 Å². The molecule has 0 aliphatic rings. The van der Waals surface area contributed by atoms with E-state index in [4.69, 9.17) is 0 Å². The number of rotatable bonds is 2. The van der Waals surface area contributed by atoms with Crippen LogP contribution in [0.4, 0.5) is 0 Å². The van der Waals surface area contributed by atoms with Crippen molar-refractivity contribution < 1.29 is 10.2 Å². The van der Waals surface area contributed by atoms with Crippen molar-refractivity contribution in [3.8, 4) is 5.75 Å². The minimum atomic E-state index is -0.200. The van der Waals surface area contributed by atoms with Gasteiger partial charge in [-0.2, -0.15) is 0 Å². The lowest BCUT2D eigenvalue weighted by Crippen LogP contribution is -2.12. The molecule has 2 aromatic rings. The smallest absolute Gasteiger partial charge is 0.123 e. The molecule has 0 aromatic heterocycles. The summed E-state index contributed by atoms with van der Waals surface area (Å²) in [5.41, 5.74) is 5.67. The Bertz CT molecular complexity index is 844. The highest BCUT2D eigenvalue weighted by Gasteiger charge is 2.21. The second kappa shape index (κ2) is 6.83. The fourth-order valence-electron chi connectivity index (χ4n) is 3.06. The molecule has 0 bridgehead atoms. The van der Waals surface area contributed by atoms with Crippen LogP contribution < -0.4 is 0 Å². The molecule has 2 rings (SSSR count). The average Bonchev–Trinajstić information content (AvgIpc) is 2.46. The second-order valence-electron chi connectivity index (χ2n) is 9.29. The molecule has 2 aromatic carbocycles. The maximum absolute atomic E-state index is 10.8. The maximum atomic E-state index is 10.8. The number of aliphatic hydroxyl groups excluding tert-OH is 1. The van der Waals surface area contributed by atoms with Gasteiger partial charge in [0.15, 0.2) is 0 Å². The van der Waals surface area contributed by atoms with E-state index in [9.17, 15) is 10.2 Å². The SMILES string of the molecule is Cc1ccc(C(C)(C)C)cc1C=C(O)c1cc(C(C)(C)C)c(O)cc1C. The van der Waals surface area contributed by atoms with Gasteiger partial charge in [-0.3, -0.25) is 0 Å². The summed E-state index contributed by atoms with van der Waals surface area (Å²) in [6.45, 7) is 16.7. The van der Waals surface area contributed by atoms with E-state index in [1.54, 1.807) is 6.07 Å². The Kier molecular flexibility index (Phi) is 5.28. The first-order chi connectivity index (χ1) is 11.8. The van der Waals surface area contributed by atoms with Crippen molar-refractivity contribution >= 4 is 11.8 Å². The van der Waals surface area contributed by atoms with E-state index in [-0.39, 0.29) is 22.3 Å². The third kappa shape index (κ3) is 4.30. The Morgan fingerprint density at radius 3 is 2.00 bits per heavy atom. The van der Waals surface area contributed by atoms with Crippen LogP contribution in [0.2, 0.25) is 0 Å². The molecular formula is C24H32O2. The van der Waals surface area contributed by atoms with Crippen molar-refractivity contribution in [2.75, 3.05) is 0 Å². The zero-order valence-corrected chi connectivity index (χ0v) is 17.4. The molecule has 0 spiro atoms. The molecule has 0 saturated carbocycles. The molecule has 2 heteroatoms. The van der Waals surface area contributed by atoms with E-state index in [0.29, 0.717) is 0 Å². The van der Waals surface area contributed by atoms with Crippen LogP contribution in [0.25, 0.3) is 11.8 Å². The molecular weight excluding hydrogens is 320 g/mol. The zero-order chi connectivity index (χ0) is 19.9. The minimum absolute atomic E-state index is 0.0553. The van der Waals surface area contributed by atoms with Gasteiger partial charge >= 0.3 is 0 Å². The number of aromatic hydroxyl groups is 1. The van der Waals surface area contributed by atoms with Crippen LogP contribution in [-0.2, 0) is 10.8 Å². The van der Waals surface area contributed by atoms with Crippen molar-refractivity contribution in [2.24, 2.45) is 0 Å². The molecule has 0 amide bonds. The highest BCUT2D eigenvalue weighted by atomic mass is 16.3. The summed E-state index contributed by atoms with van der Waals surface area (Å²) < 4.78 is 0. The van der Waals surface area contributed by atoms with Gasteiger partial charge in [0.05, 0.1) is 0 Å². The van der Waals surface area contributed by atoms with Crippen LogP contribution in [0.1, 0.15) is 74.9 Å². The Balaban J connectivity index is 2.58. The predicted octanol–water partition coefficient (Wildman–Crippen LogP) is 6.66. The zero-order valence-electron chi connectivity index (χ0n) is 17.4. The Hall–Kier alpha value is -2.22. The first-order valence-electron chi connectivity index (χ1n) is 9.17. The van der Waals surface area contributed by atoms with E-state index < -0.39 is 0 Å². The monoisotopic (exact) mass is 352 g/mol. The van der Waals surface area contributed by atoms with E-state index in [0.717, 1.165) is 27.8 Å². The van der Waals surface area contributed by atoms with Gasteiger partial charge in [0, 0.05) is 5.56 Å². The van der Waals surface area contributed by atoms with Gasteiger partial charge in [0.2, 0.25) is 0 Å². The van der Waals surface area contributed by atoms with E-state index >= 15 is 0 Å². The Morgan fingerprint density at radius 2 is 1.46 bits per heavy atom. The lowest BCUT2D eigenvalue weighted by molar-refractivity contribution is 0.445. The molecule has 0 aliphatic carbocycles. The molecule has 2 nitrogen and oxygen atoms in total. The quantitative estimate of drug-likeness (QED) is 0.468. The number of phenolic OH excluding ortho intramolecular Hbond substituents is 1. The van der Waals surface area contributed by atoms with Crippen LogP contribution in [0.3, 0.4) is 0 Å². The number of hydrogen-bond acceptors (Lipinski definition) is 2. The summed E-state index contributed by atoms with van der Waals surface area (Å²) in [7, 11) is 0. The van der Waals surface area contributed by atoms with Crippen molar-refractivity contribution in [3.63, 3.8) is 0 Å². The number of phenols is 1. The first-order valence-corrected chi connectivity index (χ1v) is 9.17. The van der Waals surface area contributed by atoms with Gasteiger partial charge in [-0.15, -0.1) is 0 Å². The van der Waals surface area contributed by atoms with Crippen LogP contribution in [-0.4, -0.2) is 10.2 Å². The molecule has 0 heterocycles. The van der Waals surface area contributed by atoms with Gasteiger partial charge in [0.25, 0.3) is 0 Å². The lowest BCUT2D eigenvalue weighted by atomic mass is 9.83. The molecule has 0 fully saturated rings. The molecule has 2 N–H and O–H groups in total. The van der Waals surface area contributed by atoms with Crippen molar-refractivity contribution in [2.45, 2.75) is 66.2 Å². The summed E-state index contributed by atoms with van der Waals surface area (Å²) >= 11 is 0. The molecule has 0 unspecified atom stereocenters. The van der Waals surface area contributed by atoms with Gasteiger partial charge < -0.3 is 10.2 Å². The van der Waals surface area contributed by atoms with Crippen LogP contribution in [0.15, 0.2) is 30.3 Å². The number of aryl methyl sites for hydroxylation is 2. The summed E-state index contributed by atoms with van der Waals surface area (Å²) in [5.74, 6) is 0.500. The highest BCUT2D eigenvalue weighted by Crippen LogP contribution is 2.35. The minimum Gasteiger partial charge on any atom is -0.508 e. The molecule has 0 radical (unpaired) electrons. The highest BCUT2D eigenvalue weighted by molar-refractivity contribution is 5.79. The number of aliphatic hydroxyl groups is 1. The van der Waals surface area contributed by atoms with Gasteiger partial charge in [-0.05, 0) is 70.7 Å². The normalized spacial score (nSPS) is 13.2. The standard InChI is InChI=1S/C24H32O2/c1-15-9-10-18(23(3,4)5)12-17(15)13-21(25)19-14-20(24(6,7)8)22(26)11-16(19)2/h9-14,25-26H,1-8H3. The third-order valence-corrected chi connectivity index (χ3v) is 4.86. The lowest BCUT2D eigenvalue weighted by Gasteiger charge is -2.22. The fraction of sp³-hybridized carbons (Fsp3) is 0.417. The van der Waals surface area contributed by atoms with Crippen LogP contribution in [0, 0.1) is 13.8 Å². The van der Waals surface area contributed by atoms with Crippen molar-refractivity contribution in [1.29, 1.82) is 0 Å². The van der Waals surface area contributed by atoms with E-state index in [2.05, 4.69) is 66.7 Å². The van der Waals surface area contributed by atoms with Crippen molar-refractivity contribution in [1.82, 2.24) is 0 Å². The second-order valence-corrected chi connectivity index (χ2v) is 9.29. The summed E-state index contributed by atoms with van der Waals surface area (Å²) in [5, 5.41) is 21.1. The molecule has 0 saturated heterocycles. The Labute approximate surface area is 158 Å². The number of benzene rings is 2. The third-order valence-electron chi connectivity index (χ3n) is 4.86. The number of hydrogen-bond donors (Lipinski definition) is 2. The average molecular weight is 353 g/mol. The molecule has 0 aliphatic heterocycles. The first kappa shape index (κ1) is 20.1. The van der Waals surface area contributed by atoms with E-state index in [1.807, 2.05) is 19.1 Å². The van der Waals surface area contributed by atoms with Gasteiger partial charge in [-0.25, -0.2) is 0 Å². The molecule has 140 valence electrons. The summed E-state index contributed by atoms with van der Waals surface area (Å²) in [6.07, 6.45) is 1.83. The fourth-order valence-corrected chi connectivity index (χ4v) is 3.06. The summed E-state index contributed by atoms with van der Waals surface area (Å²) in [6, 6.07) is 10.0. The maximum Gasteiger partial charge on any atom is 0.123 e. The van der Waals surface area contributed by atoms with Crippen LogP contribution >= 0.6 is 0 Å². The largest absolute Gasteiger partial charge is 0.508 e. The predicted molar refractivity (Wildman–Crippen MR) is 112 cm³/mol. The van der Waals surface area contributed by atoms with Crippen LogP contribution in [0.5, 0.6) is 5.75 Å². The Morgan fingerprint density at radius 1 is 0.846 bits per heavy atom. The van der Waals surface area contributed by atoms with Crippen molar-refractivity contribution in [3.05, 3.63) is 63.7 Å². The summed E-state index contributed by atoms with van der Waals surface area (Å²) in [4.78, 5) is 0. The molecule has 0 atom stereocenters. The van der Waals surface area contributed by atoms with Gasteiger partial charge in [-0.1, -0.05) is 59.7 Å². The molecule has 26 heavy (non-hydrogen) atoms.